The number of benzene rings is 1. The van der Waals surface area contributed by atoms with E-state index in [0.29, 0.717) is 0 Å². The summed E-state index contributed by atoms with van der Waals surface area (Å²) in [6.07, 6.45) is 4.95. The van der Waals surface area contributed by atoms with Gasteiger partial charge < -0.3 is 9.84 Å². The fourth-order valence-electron chi connectivity index (χ4n) is 5.05. The van der Waals surface area contributed by atoms with Gasteiger partial charge in [0.05, 0.1) is 11.1 Å². The number of hydrogen-bond donors (Lipinski definition) is 1. The van der Waals surface area contributed by atoms with Gasteiger partial charge in [-0.15, -0.1) is 0 Å². The van der Waals surface area contributed by atoms with Gasteiger partial charge >= 0.3 is 6.09 Å². The molecule has 0 unspecified atom stereocenters. The van der Waals surface area contributed by atoms with Crippen molar-refractivity contribution in [2.75, 3.05) is 0 Å². The number of carbonyl (C=O) groups excluding carboxylic acids is 1. The van der Waals surface area contributed by atoms with Crippen LogP contribution in [0.3, 0.4) is 0 Å². The molecular weight excluding hydrogens is 314 g/mol. The summed E-state index contributed by atoms with van der Waals surface area (Å²) < 4.78 is 5.81. The minimum atomic E-state index is -0.533. The van der Waals surface area contributed by atoms with E-state index in [1.807, 2.05) is 38.7 Å². The summed E-state index contributed by atoms with van der Waals surface area (Å²) in [6.45, 7) is 11.9. The average molecular weight is 345 g/mol. The largest absolute Gasteiger partial charge is 0.508 e. The highest BCUT2D eigenvalue weighted by molar-refractivity contribution is 5.74. The number of fused-ring (bicyclic) bond motifs is 2. The van der Waals surface area contributed by atoms with E-state index < -0.39 is 11.1 Å². The lowest BCUT2D eigenvalue weighted by atomic mass is 9.76. The van der Waals surface area contributed by atoms with Crippen LogP contribution < -0.4 is 0 Å². The van der Waals surface area contributed by atoms with Crippen molar-refractivity contribution >= 4 is 6.09 Å². The Labute approximate surface area is 151 Å². The minimum Gasteiger partial charge on any atom is -0.508 e. The van der Waals surface area contributed by atoms with Crippen LogP contribution in [0.2, 0.25) is 0 Å². The highest BCUT2D eigenvalue weighted by atomic mass is 16.6. The van der Waals surface area contributed by atoms with Crippen LogP contribution in [0.1, 0.15) is 83.4 Å². The molecule has 25 heavy (non-hydrogen) atoms. The van der Waals surface area contributed by atoms with Gasteiger partial charge in [0.1, 0.15) is 11.4 Å². The van der Waals surface area contributed by atoms with Crippen molar-refractivity contribution in [3.63, 3.8) is 0 Å². The summed E-state index contributed by atoms with van der Waals surface area (Å²) >= 11 is 0. The molecule has 0 saturated heterocycles. The number of nitrogens with zero attached hydrogens (tertiary/aromatic N) is 1. The first-order chi connectivity index (χ1) is 11.5. The van der Waals surface area contributed by atoms with Crippen molar-refractivity contribution in [3.8, 4) is 5.75 Å². The molecule has 4 heteroatoms. The number of phenolic OH excluding ortho intramolecular Hbond substituents is 1. The molecule has 1 aliphatic heterocycles. The topological polar surface area (TPSA) is 49.8 Å². The highest BCUT2D eigenvalue weighted by Crippen LogP contribution is 2.57. The van der Waals surface area contributed by atoms with E-state index in [9.17, 15) is 9.90 Å². The third-order valence-corrected chi connectivity index (χ3v) is 5.68. The molecule has 0 radical (unpaired) electrons. The van der Waals surface area contributed by atoms with Gasteiger partial charge in [0.15, 0.2) is 0 Å². The zero-order valence-electron chi connectivity index (χ0n) is 16.4. The molecule has 1 N–H and O–H groups in total. The predicted molar refractivity (Wildman–Crippen MR) is 98.7 cm³/mol. The molecular formula is C21H31NO3. The molecule has 3 rings (SSSR count). The fraction of sp³-hybridized carbons (Fsp3) is 0.667. The molecule has 1 spiro atoms. The van der Waals surface area contributed by atoms with Crippen molar-refractivity contribution in [2.45, 2.75) is 90.3 Å². The van der Waals surface area contributed by atoms with Crippen molar-refractivity contribution in [3.05, 3.63) is 28.8 Å². The number of carbonyl (C=O) groups is 1. The van der Waals surface area contributed by atoms with Gasteiger partial charge in [-0.2, -0.15) is 0 Å². The van der Waals surface area contributed by atoms with Gasteiger partial charge in [-0.25, -0.2) is 4.79 Å². The Kier molecular flexibility index (Phi) is 4.09. The van der Waals surface area contributed by atoms with Crippen molar-refractivity contribution in [2.24, 2.45) is 0 Å². The maximum Gasteiger partial charge on any atom is 0.411 e. The Morgan fingerprint density at radius 3 is 2.32 bits per heavy atom. The number of aryl methyl sites for hydroxylation is 1. The maximum atomic E-state index is 13.3. The second-order valence-corrected chi connectivity index (χ2v) is 9.15. The summed E-state index contributed by atoms with van der Waals surface area (Å²) in [5.41, 5.74) is 1.94. The Morgan fingerprint density at radius 1 is 1.16 bits per heavy atom. The minimum absolute atomic E-state index is 0.255. The number of rotatable bonds is 0. The van der Waals surface area contributed by atoms with E-state index in [-0.39, 0.29) is 17.4 Å². The summed E-state index contributed by atoms with van der Waals surface area (Å²) in [6, 6.07) is 3.68. The highest BCUT2D eigenvalue weighted by Gasteiger charge is 2.58. The van der Waals surface area contributed by atoms with Gasteiger partial charge in [0.25, 0.3) is 0 Å². The van der Waals surface area contributed by atoms with Crippen molar-refractivity contribution in [1.29, 1.82) is 0 Å². The molecule has 1 fully saturated rings. The molecule has 0 bridgehead atoms. The molecule has 1 saturated carbocycles. The van der Waals surface area contributed by atoms with Crippen LogP contribution in [0.5, 0.6) is 5.75 Å². The SMILES string of the molecule is Cc1cc(O)cc2c1C(C)(C)N(C(=O)OC(C)(C)C)C21CCCCC1. The molecule has 1 aromatic rings. The van der Waals surface area contributed by atoms with E-state index in [1.165, 1.54) is 6.42 Å². The number of aromatic hydroxyl groups is 1. The first-order valence-electron chi connectivity index (χ1n) is 9.37. The molecule has 1 heterocycles. The molecule has 1 aromatic carbocycles. The van der Waals surface area contributed by atoms with E-state index in [4.69, 9.17) is 4.74 Å². The lowest BCUT2D eigenvalue weighted by Gasteiger charge is -2.47. The van der Waals surface area contributed by atoms with Gasteiger partial charge in [-0.1, -0.05) is 19.3 Å². The summed E-state index contributed by atoms with van der Waals surface area (Å²) in [5.74, 6) is 0.281. The van der Waals surface area contributed by atoms with E-state index in [0.717, 1.165) is 42.4 Å². The van der Waals surface area contributed by atoms with E-state index in [2.05, 4.69) is 13.8 Å². The van der Waals surface area contributed by atoms with Crippen molar-refractivity contribution < 1.29 is 14.6 Å². The van der Waals surface area contributed by atoms with Crippen LogP contribution in [0, 0.1) is 6.92 Å². The average Bonchev–Trinajstić information content (AvgIpc) is 2.62. The lowest BCUT2D eigenvalue weighted by Crippen LogP contribution is -2.54. The van der Waals surface area contributed by atoms with Gasteiger partial charge in [0.2, 0.25) is 0 Å². The number of hydrogen-bond acceptors (Lipinski definition) is 3. The molecule has 1 aliphatic carbocycles. The Bertz CT molecular complexity index is 694. The first kappa shape index (κ1) is 18.1. The molecule has 138 valence electrons. The van der Waals surface area contributed by atoms with Crippen LogP contribution in [-0.2, 0) is 15.8 Å². The molecule has 0 aromatic heterocycles. The lowest BCUT2D eigenvalue weighted by molar-refractivity contribution is -0.0419. The summed E-state index contributed by atoms with van der Waals surface area (Å²) in [5, 5.41) is 10.2. The standard InChI is InChI=1S/C21H31NO3/c1-14-12-15(23)13-16-17(14)20(5,6)22(18(24)25-19(2,3)4)21(16)10-8-7-9-11-21/h12-13,23H,7-11H2,1-6H3. The number of phenols is 1. The zero-order chi connectivity index (χ0) is 18.6. The predicted octanol–water partition coefficient (Wildman–Crippen LogP) is 5.35. The van der Waals surface area contributed by atoms with Crippen LogP contribution in [0.25, 0.3) is 0 Å². The monoisotopic (exact) mass is 345 g/mol. The smallest absolute Gasteiger partial charge is 0.411 e. The zero-order valence-corrected chi connectivity index (χ0v) is 16.4. The van der Waals surface area contributed by atoms with Crippen LogP contribution in [0.15, 0.2) is 12.1 Å². The second-order valence-electron chi connectivity index (χ2n) is 9.15. The Morgan fingerprint density at radius 2 is 1.76 bits per heavy atom. The van der Waals surface area contributed by atoms with Gasteiger partial charge in [-0.05, 0) is 83.2 Å². The third-order valence-electron chi connectivity index (χ3n) is 5.68. The van der Waals surface area contributed by atoms with Gasteiger partial charge in [0, 0.05) is 0 Å². The fourth-order valence-corrected chi connectivity index (χ4v) is 5.05. The molecule has 0 atom stereocenters. The Hall–Kier alpha value is -1.71. The molecule has 1 amide bonds. The quantitative estimate of drug-likeness (QED) is 0.690. The first-order valence-corrected chi connectivity index (χ1v) is 9.37. The van der Waals surface area contributed by atoms with Crippen LogP contribution in [-0.4, -0.2) is 21.7 Å². The van der Waals surface area contributed by atoms with Crippen molar-refractivity contribution in [1.82, 2.24) is 4.90 Å². The van der Waals surface area contributed by atoms with E-state index in [1.54, 1.807) is 6.07 Å². The maximum absolute atomic E-state index is 13.3. The molecule has 4 nitrogen and oxygen atoms in total. The van der Waals surface area contributed by atoms with Crippen LogP contribution in [0.4, 0.5) is 4.79 Å². The summed E-state index contributed by atoms with van der Waals surface area (Å²) in [7, 11) is 0. The third kappa shape index (κ3) is 2.80. The Balaban J connectivity index is 2.20. The van der Waals surface area contributed by atoms with Gasteiger partial charge in [-0.3, -0.25) is 4.90 Å². The normalized spacial score (nSPS) is 21.3. The van der Waals surface area contributed by atoms with Crippen LogP contribution >= 0.6 is 0 Å². The number of amides is 1. The number of ether oxygens (including phenoxy) is 1. The second kappa shape index (κ2) is 5.65. The molecule has 2 aliphatic rings. The summed E-state index contributed by atoms with van der Waals surface area (Å²) in [4.78, 5) is 15.2. The van der Waals surface area contributed by atoms with E-state index >= 15 is 0 Å².